The smallest absolute Gasteiger partial charge is 0.161 e. The van der Waals surface area contributed by atoms with Crippen LogP contribution in [0.3, 0.4) is 0 Å². The first-order valence-electron chi connectivity index (χ1n) is 12.7. The molecule has 1 N–H and O–H groups in total. The number of anilines is 1. The summed E-state index contributed by atoms with van der Waals surface area (Å²) in [6, 6.07) is 25.2. The molecule has 7 heteroatoms. The molecular formula is C30H38Cl2N2O3. The van der Waals surface area contributed by atoms with Gasteiger partial charge in [0.1, 0.15) is 0 Å². The van der Waals surface area contributed by atoms with Crippen LogP contribution < -0.4 is 19.7 Å². The maximum atomic E-state index is 6.22. The molecule has 37 heavy (non-hydrogen) atoms. The third-order valence-electron chi connectivity index (χ3n) is 6.82. The predicted molar refractivity (Wildman–Crippen MR) is 155 cm³/mol. The molecule has 3 aromatic carbocycles. The number of hydrogen-bond donors (Lipinski definition) is 1. The molecule has 0 radical (unpaired) electrons. The van der Waals surface area contributed by atoms with Gasteiger partial charge in [-0.1, -0.05) is 48.0 Å². The summed E-state index contributed by atoms with van der Waals surface area (Å²) in [4.78, 5) is 2.46. The van der Waals surface area contributed by atoms with E-state index in [1.165, 1.54) is 16.8 Å². The summed E-state index contributed by atoms with van der Waals surface area (Å²) >= 11 is 6.22. The minimum atomic E-state index is 0. The van der Waals surface area contributed by atoms with Crippen LogP contribution in [0.2, 0.25) is 5.02 Å². The minimum Gasteiger partial charge on any atom is -0.493 e. The third kappa shape index (κ3) is 8.54. The van der Waals surface area contributed by atoms with E-state index in [1.807, 2.05) is 18.2 Å². The molecule has 2 unspecified atom stereocenters. The summed E-state index contributed by atoms with van der Waals surface area (Å²) in [6.45, 7) is 5.07. The first kappa shape index (κ1) is 29.1. The highest BCUT2D eigenvalue weighted by molar-refractivity contribution is 6.30. The lowest BCUT2D eigenvalue weighted by Crippen LogP contribution is -2.33. The van der Waals surface area contributed by atoms with E-state index in [-0.39, 0.29) is 12.4 Å². The second kappa shape index (κ2) is 15.1. The Labute approximate surface area is 232 Å². The van der Waals surface area contributed by atoms with Crippen LogP contribution in [-0.4, -0.2) is 47.1 Å². The largest absolute Gasteiger partial charge is 0.493 e. The molecule has 5 nitrogen and oxygen atoms in total. The second-order valence-corrected chi connectivity index (χ2v) is 9.84. The maximum Gasteiger partial charge on any atom is 0.161 e. The predicted octanol–water partition coefficient (Wildman–Crippen LogP) is 6.27. The average molecular weight is 546 g/mol. The van der Waals surface area contributed by atoms with Gasteiger partial charge in [-0.2, -0.15) is 0 Å². The van der Waals surface area contributed by atoms with Crippen molar-refractivity contribution in [3.8, 4) is 11.5 Å². The fourth-order valence-electron chi connectivity index (χ4n) is 4.89. The van der Waals surface area contributed by atoms with Crippen LogP contribution in [-0.2, 0) is 17.7 Å². The van der Waals surface area contributed by atoms with Crippen LogP contribution in [0.25, 0.3) is 0 Å². The number of nitrogens with zero attached hydrogens (tertiary/aromatic N) is 1. The van der Waals surface area contributed by atoms with Gasteiger partial charge in [0.25, 0.3) is 0 Å². The maximum absolute atomic E-state index is 6.22. The molecule has 0 spiro atoms. The van der Waals surface area contributed by atoms with Gasteiger partial charge in [0, 0.05) is 43.9 Å². The first-order valence-corrected chi connectivity index (χ1v) is 13.1. The molecule has 0 saturated carbocycles. The van der Waals surface area contributed by atoms with Gasteiger partial charge in [0.15, 0.2) is 11.5 Å². The van der Waals surface area contributed by atoms with Gasteiger partial charge < -0.3 is 24.4 Å². The molecule has 200 valence electrons. The normalized spacial score (nSPS) is 16.7. The highest BCUT2D eigenvalue weighted by Crippen LogP contribution is 2.31. The highest BCUT2D eigenvalue weighted by Gasteiger charge is 2.29. The van der Waals surface area contributed by atoms with E-state index in [0.29, 0.717) is 25.0 Å². The number of methoxy groups -OCH3 is 2. The van der Waals surface area contributed by atoms with E-state index in [0.717, 1.165) is 55.5 Å². The van der Waals surface area contributed by atoms with Gasteiger partial charge in [-0.3, -0.25) is 0 Å². The van der Waals surface area contributed by atoms with Crippen LogP contribution >= 0.6 is 24.0 Å². The first-order chi connectivity index (χ1) is 17.7. The summed E-state index contributed by atoms with van der Waals surface area (Å²) in [5.74, 6) is 2.66. The van der Waals surface area contributed by atoms with E-state index in [4.69, 9.17) is 25.8 Å². The lowest BCUT2D eigenvalue weighted by atomic mass is 9.89. The molecule has 0 amide bonds. The monoisotopic (exact) mass is 544 g/mol. The Balaban J connectivity index is 0.00000380. The Bertz CT molecular complexity index is 1070. The van der Waals surface area contributed by atoms with Gasteiger partial charge in [0.2, 0.25) is 0 Å². The standard InChI is InChI=1S/C30H37ClN2O3.ClH/c1-34-15-6-16-36-30-18-24(9-14-29(30)35-2)21-33(28-12-10-27(31)11-13-28)22-26-20-32-19-25(26)17-23-7-4-3-5-8-23;/h3-5,7-14,18,25-26,32H,6,15-17,19-22H2,1-2H3;1H. The molecule has 1 aliphatic heterocycles. The molecule has 0 bridgehead atoms. The summed E-state index contributed by atoms with van der Waals surface area (Å²) in [7, 11) is 3.38. The molecule has 1 fully saturated rings. The Hall–Kier alpha value is -2.44. The summed E-state index contributed by atoms with van der Waals surface area (Å²) in [6.07, 6.45) is 1.92. The van der Waals surface area contributed by atoms with E-state index in [9.17, 15) is 0 Å². The van der Waals surface area contributed by atoms with Crippen molar-refractivity contribution in [3.05, 3.63) is 88.9 Å². The van der Waals surface area contributed by atoms with Gasteiger partial charge in [-0.25, -0.2) is 0 Å². The van der Waals surface area contributed by atoms with Crippen molar-refractivity contribution < 1.29 is 14.2 Å². The van der Waals surface area contributed by atoms with Gasteiger partial charge >= 0.3 is 0 Å². The molecular weight excluding hydrogens is 507 g/mol. The van der Waals surface area contributed by atoms with Crippen LogP contribution in [0.5, 0.6) is 11.5 Å². The fraction of sp³-hybridized carbons (Fsp3) is 0.400. The number of benzene rings is 3. The van der Waals surface area contributed by atoms with E-state index < -0.39 is 0 Å². The molecule has 3 aromatic rings. The average Bonchev–Trinajstić information content (AvgIpc) is 3.33. The van der Waals surface area contributed by atoms with Crippen molar-refractivity contribution in [1.29, 1.82) is 0 Å². The zero-order chi connectivity index (χ0) is 25.2. The number of ether oxygens (including phenoxy) is 3. The van der Waals surface area contributed by atoms with Crippen LogP contribution in [0.1, 0.15) is 17.5 Å². The van der Waals surface area contributed by atoms with Crippen LogP contribution in [0, 0.1) is 11.8 Å². The Morgan fingerprint density at radius 2 is 1.62 bits per heavy atom. The highest BCUT2D eigenvalue weighted by atomic mass is 35.5. The molecule has 0 aliphatic carbocycles. The lowest BCUT2D eigenvalue weighted by Gasteiger charge is -2.30. The minimum absolute atomic E-state index is 0. The molecule has 4 rings (SSSR count). The number of rotatable bonds is 13. The second-order valence-electron chi connectivity index (χ2n) is 9.41. The number of nitrogens with one attached hydrogen (secondary N) is 1. The molecule has 1 aliphatic rings. The van der Waals surface area contributed by atoms with Crippen molar-refractivity contribution >= 4 is 29.7 Å². The van der Waals surface area contributed by atoms with Crippen molar-refractivity contribution in [2.24, 2.45) is 11.8 Å². The molecule has 1 saturated heterocycles. The van der Waals surface area contributed by atoms with Crippen molar-refractivity contribution in [1.82, 2.24) is 5.32 Å². The topological polar surface area (TPSA) is 43.0 Å². The van der Waals surface area contributed by atoms with Crippen LogP contribution in [0.15, 0.2) is 72.8 Å². The Kier molecular flexibility index (Phi) is 11.9. The van der Waals surface area contributed by atoms with Gasteiger partial charge in [-0.15, -0.1) is 12.4 Å². The molecule has 2 atom stereocenters. The molecule has 0 aromatic heterocycles. The SMILES string of the molecule is COCCCOc1cc(CN(CC2CNCC2Cc2ccccc2)c2ccc(Cl)cc2)ccc1OC.Cl. The fourth-order valence-corrected chi connectivity index (χ4v) is 5.02. The third-order valence-corrected chi connectivity index (χ3v) is 7.07. The van der Waals surface area contributed by atoms with Crippen molar-refractivity contribution in [3.63, 3.8) is 0 Å². The quantitative estimate of drug-likeness (QED) is 0.257. The van der Waals surface area contributed by atoms with E-state index >= 15 is 0 Å². The summed E-state index contributed by atoms with van der Waals surface area (Å²) in [5, 5.41) is 4.39. The zero-order valence-electron chi connectivity index (χ0n) is 21.7. The Morgan fingerprint density at radius 1 is 0.865 bits per heavy atom. The number of hydrogen-bond acceptors (Lipinski definition) is 5. The molecule has 1 heterocycles. The number of halogens is 2. The van der Waals surface area contributed by atoms with Crippen molar-refractivity contribution in [2.75, 3.05) is 52.0 Å². The van der Waals surface area contributed by atoms with Crippen molar-refractivity contribution in [2.45, 2.75) is 19.4 Å². The summed E-state index contributed by atoms with van der Waals surface area (Å²) in [5.41, 5.74) is 3.75. The zero-order valence-corrected chi connectivity index (χ0v) is 23.3. The van der Waals surface area contributed by atoms with Gasteiger partial charge in [0.05, 0.1) is 13.7 Å². The van der Waals surface area contributed by atoms with E-state index in [1.54, 1.807) is 14.2 Å². The Morgan fingerprint density at radius 3 is 2.35 bits per heavy atom. The van der Waals surface area contributed by atoms with Crippen LogP contribution in [0.4, 0.5) is 5.69 Å². The lowest BCUT2D eigenvalue weighted by molar-refractivity contribution is 0.170. The summed E-state index contributed by atoms with van der Waals surface area (Å²) < 4.78 is 16.7. The van der Waals surface area contributed by atoms with Gasteiger partial charge in [-0.05, 0) is 78.9 Å². The van der Waals surface area contributed by atoms with E-state index in [2.05, 4.69) is 64.8 Å².